The Morgan fingerprint density at radius 3 is 2.56 bits per heavy atom. The van der Waals surface area contributed by atoms with Crippen LogP contribution < -0.4 is 4.72 Å². The summed E-state index contributed by atoms with van der Waals surface area (Å²) in [6.07, 6.45) is 3.25. The summed E-state index contributed by atoms with van der Waals surface area (Å²) in [5.41, 5.74) is -0.0702. The molecule has 188 valence electrons. The van der Waals surface area contributed by atoms with E-state index in [0.717, 1.165) is 37.0 Å². The summed E-state index contributed by atoms with van der Waals surface area (Å²) in [6, 6.07) is 3.02. The third-order valence-electron chi connectivity index (χ3n) is 5.56. The average molecular weight is 533 g/mol. The van der Waals surface area contributed by atoms with Crippen molar-refractivity contribution in [3.63, 3.8) is 0 Å². The number of hydrogen-bond donors (Lipinski definition) is 1. The van der Waals surface area contributed by atoms with Crippen LogP contribution >= 0.6 is 22.9 Å². The molecule has 0 aliphatic heterocycles. The van der Waals surface area contributed by atoms with Gasteiger partial charge in [-0.2, -0.15) is 0 Å². The Kier molecular flexibility index (Phi) is 9.23. The first-order chi connectivity index (χ1) is 16.0. The number of carbonyl (C=O) groups excluding carboxylic acids is 1. The molecule has 1 aliphatic rings. The van der Waals surface area contributed by atoms with Crippen LogP contribution in [-0.2, 0) is 22.1 Å². The summed E-state index contributed by atoms with van der Waals surface area (Å²) in [5, 5.41) is -0.0988. The highest BCUT2D eigenvalue weighted by Gasteiger charge is 2.29. The molecule has 0 radical (unpaired) electrons. The van der Waals surface area contributed by atoms with Gasteiger partial charge in [-0.05, 0) is 46.1 Å². The van der Waals surface area contributed by atoms with E-state index < -0.39 is 34.5 Å². The Labute approximate surface area is 211 Å². The summed E-state index contributed by atoms with van der Waals surface area (Å²) in [7, 11) is -1.77. The summed E-state index contributed by atoms with van der Waals surface area (Å²) in [6.45, 7) is 7.38. The molecule has 0 bridgehead atoms. The second kappa shape index (κ2) is 11.5. The van der Waals surface area contributed by atoms with E-state index in [1.54, 1.807) is 6.92 Å². The number of halogens is 3. The molecule has 1 aliphatic carbocycles. The molecule has 1 atom stereocenters. The minimum Gasteiger partial charge on any atom is -0.461 e. The number of rotatable bonds is 8. The van der Waals surface area contributed by atoms with Gasteiger partial charge in [0.05, 0.1) is 27.1 Å². The monoisotopic (exact) mass is 532 g/mol. The lowest BCUT2D eigenvalue weighted by Gasteiger charge is -2.22. The molecule has 34 heavy (non-hydrogen) atoms. The van der Waals surface area contributed by atoms with Gasteiger partial charge in [0.2, 0.25) is 5.01 Å². The van der Waals surface area contributed by atoms with E-state index in [4.69, 9.17) is 16.3 Å². The highest BCUT2D eigenvalue weighted by molar-refractivity contribution is 7.83. The third kappa shape index (κ3) is 6.62. The number of nitrogens with one attached hydrogen (secondary N) is 1. The van der Waals surface area contributed by atoms with E-state index >= 15 is 0 Å². The fourth-order valence-corrected chi connectivity index (χ4v) is 6.72. The highest BCUT2D eigenvalue weighted by atomic mass is 35.5. The number of carbonyl (C=O) groups is 1. The number of thiazole rings is 1. The number of esters is 1. The Hall–Kier alpha value is -1.42. The van der Waals surface area contributed by atoms with Crippen molar-refractivity contribution in [1.82, 2.24) is 9.71 Å². The molecule has 10 heteroatoms. The van der Waals surface area contributed by atoms with Gasteiger partial charge >= 0.3 is 5.97 Å². The number of aromatic nitrogens is 1. The van der Waals surface area contributed by atoms with Gasteiger partial charge in [-0.3, -0.25) is 0 Å². The van der Waals surface area contributed by atoms with Gasteiger partial charge in [0.15, 0.2) is 0 Å². The van der Waals surface area contributed by atoms with Crippen molar-refractivity contribution in [1.29, 1.82) is 0 Å². The normalized spacial score (nSPS) is 16.1. The molecule has 5 nitrogen and oxygen atoms in total. The molecule has 1 aromatic carbocycles. The summed E-state index contributed by atoms with van der Waals surface area (Å²) in [4.78, 5) is 17.5. The van der Waals surface area contributed by atoms with Crippen molar-refractivity contribution >= 4 is 39.9 Å². The lowest BCUT2D eigenvalue weighted by molar-refractivity contribution is 0.0525. The van der Waals surface area contributed by atoms with E-state index in [9.17, 15) is 17.8 Å². The van der Waals surface area contributed by atoms with Crippen LogP contribution in [-0.4, -0.2) is 27.3 Å². The topological polar surface area (TPSA) is 68.3 Å². The molecule has 1 heterocycles. The number of nitrogens with zero attached hydrogens (tertiary/aromatic N) is 1. The lowest BCUT2D eigenvalue weighted by Crippen LogP contribution is -2.37. The van der Waals surface area contributed by atoms with Gasteiger partial charge in [0.25, 0.3) is 6.43 Å². The van der Waals surface area contributed by atoms with Gasteiger partial charge in [-0.15, -0.1) is 11.3 Å². The molecule has 1 N–H and O–H groups in total. The quantitative estimate of drug-likeness (QED) is 0.368. The number of hydrogen-bond acceptors (Lipinski definition) is 5. The van der Waals surface area contributed by atoms with E-state index in [0.29, 0.717) is 22.9 Å². The maximum absolute atomic E-state index is 14.3. The van der Waals surface area contributed by atoms with Crippen molar-refractivity contribution in [2.24, 2.45) is 5.92 Å². The zero-order valence-corrected chi connectivity index (χ0v) is 22.3. The average Bonchev–Trinajstić information content (AvgIpc) is 3.16. The molecule has 1 fully saturated rings. The van der Waals surface area contributed by atoms with E-state index in [2.05, 4.69) is 9.71 Å². The van der Waals surface area contributed by atoms with Gasteiger partial charge in [-0.1, -0.05) is 49.8 Å². The smallest absolute Gasteiger partial charge is 0.367 e. The molecular weight excluding hydrogens is 502 g/mol. The Morgan fingerprint density at radius 2 is 1.97 bits per heavy atom. The van der Waals surface area contributed by atoms with Gasteiger partial charge in [0, 0.05) is 16.7 Å². The summed E-state index contributed by atoms with van der Waals surface area (Å²) < 4.78 is 49.4. The van der Waals surface area contributed by atoms with E-state index in [1.807, 2.05) is 20.8 Å². The fourth-order valence-electron chi connectivity index (χ4n) is 4.11. The van der Waals surface area contributed by atoms with Gasteiger partial charge in [-0.25, -0.2) is 27.5 Å². The second-order valence-corrected chi connectivity index (χ2v) is 12.0. The van der Waals surface area contributed by atoms with Crippen LogP contribution in [0.2, 0.25) is 5.02 Å². The Balaban J connectivity index is 2.09. The van der Waals surface area contributed by atoms with Crippen molar-refractivity contribution in [2.75, 3.05) is 6.61 Å². The van der Waals surface area contributed by atoms with Crippen molar-refractivity contribution in [3.8, 4) is 10.4 Å². The Morgan fingerprint density at radius 1 is 1.29 bits per heavy atom. The summed E-state index contributed by atoms with van der Waals surface area (Å²) in [5.74, 6) is -0.182. The van der Waals surface area contributed by atoms with Crippen LogP contribution in [0.4, 0.5) is 8.78 Å². The molecule has 0 saturated heterocycles. The van der Waals surface area contributed by atoms with Crippen LogP contribution in [0.1, 0.15) is 87.3 Å². The lowest BCUT2D eigenvalue weighted by atomic mass is 9.85. The van der Waals surface area contributed by atoms with Crippen LogP contribution in [0.25, 0.3) is 10.4 Å². The van der Waals surface area contributed by atoms with Crippen molar-refractivity contribution in [3.05, 3.63) is 33.4 Å². The molecule has 0 spiro atoms. The number of alkyl halides is 2. The molecule has 2 aromatic rings. The van der Waals surface area contributed by atoms with Crippen LogP contribution in [0.15, 0.2) is 17.0 Å². The molecule has 1 saturated carbocycles. The molecular formula is C24H31ClF2N2O3S2. The summed E-state index contributed by atoms with van der Waals surface area (Å²) >= 11 is 7.47. The van der Waals surface area contributed by atoms with Gasteiger partial charge in [0.1, 0.15) is 11.0 Å². The van der Waals surface area contributed by atoms with Crippen molar-refractivity contribution < 1.29 is 22.5 Å². The predicted octanol–water partition coefficient (Wildman–Crippen LogP) is 7.11. The van der Waals surface area contributed by atoms with Crippen LogP contribution in [0.3, 0.4) is 0 Å². The predicted molar refractivity (Wildman–Crippen MR) is 133 cm³/mol. The first kappa shape index (κ1) is 27.2. The standard InChI is InChI=1S/C24H31ClF2N2O3S2/c1-5-32-23(30)22-28-16(13-14-9-7-6-8-10-14)20(33-22)15-11-12-17(19(25)18(15)21(26)27)34(31)29-24(2,3)4/h11-12,14,21,29H,5-10,13H2,1-4H3. The largest absolute Gasteiger partial charge is 0.461 e. The van der Waals surface area contributed by atoms with E-state index in [-0.39, 0.29) is 27.1 Å². The SMILES string of the molecule is CCOC(=O)c1nc(CC2CCCCC2)c(-c2ccc(S(=O)NC(C)(C)C)c(Cl)c2C(F)F)s1. The maximum atomic E-state index is 14.3. The highest BCUT2D eigenvalue weighted by Crippen LogP contribution is 2.43. The molecule has 1 unspecified atom stereocenters. The third-order valence-corrected chi connectivity index (χ3v) is 8.73. The zero-order valence-electron chi connectivity index (χ0n) is 19.9. The first-order valence-corrected chi connectivity index (χ1v) is 13.8. The number of ether oxygens (including phenoxy) is 1. The zero-order chi connectivity index (χ0) is 25.0. The minimum absolute atomic E-state index is 0.0969. The van der Waals surface area contributed by atoms with Crippen LogP contribution in [0.5, 0.6) is 0 Å². The van der Waals surface area contributed by atoms with Crippen LogP contribution in [0, 0.1) is 5.92 Å². The first-order valence-electron chi connectivity index (χ1n) is 11.5. The van der Waals surface area contributed by atoms with Crippen molar-refractivity contribution in [2.45, 2.75) is 83.1 Å². The number of benzene rings is 1. The second-order valence-electron chi connectivity index (χ2n) is 9.48. The molecule has 0 amide bonds. The molecule has 3 rings (SSSR count). The van der Waals surface area contributed by atoms with Gasteiger partial charge < -0.3 is 4.74 Å². The maximum Gasteiger partial charge on any atom is 0.367 e. The molecule has 1 aromatic heterocycles. The fraction of sp³-hybridized carbons (Fsp3) is 0.583. The van der Waals surface area contributed by atoms with E-state index in [1.165, 1.54) is 18.6 Å². The minimum atomic E-state index is -2.90. The Bertz CT molecular complexity index is 1050.